The Kier molecular flexibility index (Phi) is 6.44. The fourth-order valence-corrected chi connectivity index (χ4v) is 3.50. The van der Waals surface area contributed by atoms with Crippen LogP contribution in [0.25, 0.3) is 10.8 Å². The van der Waals surface area contributed by atoms with Gasteiger partial charge in [-0.25, -0.2) is 0 Å². The molecule has 0 atom stereocenters. The number of ether oxygens (including phenoxy) is 1. The average molecular weight is 302 g/mol. The van der Waals surface area contributed by atoms with Crippen molar-refractivity contribution in [2.24, 2.45) is 0 Å². The number of hydrogen-bond acceptors (Lipinski definition) is 2. The second-order valence-corrected chi connectivity index (χ2v) is 6.82. The summed E-state index contributed by atoms with van der Waals surface area (Å²) in [5, 5.41) is 2.54. The third kappa shape index (κ3) is 4.67. The normalized spacial score (nSPS) is 11.2. The first-order chi connectivity index (χ1) is 10.2. The first kappa shape index (κ1) is 16.2. The molecule has 2 aromatic rings. The van der Waals surface area contributed by atoms with Crippen LogP contribution in [0.5, 0.6) is 5.75 Å². The SMILES string of the molecule is CCCCCCSc1ccc(OC(C)C)c2ccccc12. The Labute approximate surface area is 133 Å². The van der Waals surface area contributed by atoms with Crippen LogP contribution in [0.2, 0.25) is 0 Å². The summed E-state index contributed by atoms with van der Waals surface area (Å²) in [6.07, 6.45) is 5.51. The molecule has 21 heavy (non-hydrogen) atoms. The van der Waals surface area contributed by atoms with Crippen LogP contribution in [0.15, 0.2) is 41.3 Å². The van der Waals surface area contributed by atoms with Gasteiger partial charge in [0.15, 0.2) is 0 Å². The van der Waals surface area contributed by atoms with E-state index in [9.17, 15) is 0 Å². The minimum atomic E-state index is 0.209. The standard InChI is InChI=1S/C19H26OS/c1-4-5-6-9-14-21-19-13-12-18(20-15(2)3)16-10-7-8-11-17(16)19/h7-8,10-13,15H,4-6,9,14H2,1-3H3. The van der Waals surface area contributed by atoms with Gasteiger partial charge in [0.1, 0.15) is 5.75 Å². The van der Waals surface area contributed by atoms with Crippen LogP contribution >= 0.6 is 11.8 Å². The summed E-state index contributed by atoms with van der Waals surface area (Å²) in [4.78, 5) is 1.37. The summed E-state index contributed by atoms with van der Waals surface area (Å²) in [5.41, 5.74) is 0. The molecule has 0 heterocycles. The van der Waals surface area contributed by atoms with Crippen molar-refractivity contribution in [3.05, 3.63) is 36.4 Å². The second kappa shape index (κ2) is 8.33. The van der Waals surface area contributed by atoms with Crippen molar-refractivity contribution >= 4 is 22.5 Å². The Balaban J connectivity index is 2.14. The second-order valence-electron chi connectivity index (χ2n) is 5.68. The first-order valence-corrected chi connectivity index (χ1v) is 9.02. The third-order valence-electron chi connectivity index (χ3n) is 3.46. The van der Waals surface area contributed by atoms with E-state index in [0.29, 0.717) is 0 Å². The Morgan fingerprint density at radius 3 is 2.43 bits per heavy atom. The molecule has 2 rings (SSSR count). The van der Waals surface area contributed by atoms with Crippen molar-refractivity contribution in [1.82, 2.24) is 0 Å². The molecule has 2 aromatic carbocycles. The van der Waals surface area contributed by atoms with Crippen molar-refractivity contribution in [2.45, 2.75) is 57.5 Å². The molecule has 0 spiro atoms. The summed E-state index contributed by atoms with van der Waals surface area (Å²) >= 11 is 1.97. The maximum atomic E-state index is 5.93. The fraction of sp³-hybridized carbons (Fsp3) is 0.474. The van der Waals surface area contributed by atoms with Gasteiger partial charge < -0.3 is 4.74 Å². The molecule has 0 unspecified atom stereocenters. The van der Waals surface area contributed by atoms with Gasteiger partial charge in [0.25, 0.3) is 0 Å². The molecule has 0 aliphatic rings. The van der Waals surface area contributed by atoms with Crippen molar-refractivity contribution < 1.29 is 4.74 Å². The molecule has 0 aliphatic carbocycles. The monoisotopic (exact) mass is 302 g/mol. The van der Waals surface area contributed by atoms with Gasteiger partial charge in [0.2, 0.25) is 0 Å². The van der Waals surface area contributed by atoms with Gasteiger partial charge in [0, 0.05) is 10.3 Å². The summed E-state index contributed by atoms with van der Waals surface area (Å²) < 4.78 is 5.93. The van der Waals surface area contributed by atoms with Crippen molar-refractivity contribution in [2.75, 3.05) is 5.75 Å². The first-order valence-electron chi connectivity index (χ1n) is 8.03. The summed E-state index contributed by atoms with van der Waals surface area (Å²) in [6, 6.07) is 12.9. The van der Waals surface area contributed by atoms with Crippen LogP contribution in [0, 0.1) is 0 Å². The number of thioether (sulfide) groups is 1. The van der Waals surface area contributed by atoms with Gasteiger partial charge in [0.05, 0.1) is 6.10 Å². The quantitative estimate of drug-likeness (QED) is 0.418. The predicted molar refractivity (Wildman–Crippen MR) is 94.6 cm³/mol. The summed E-state index contributed by atoms with van der Waals surface area (Å²) in [6.45, 7) is 6.41. The lowest BCUT2D eigenvalue weighted by atomic mass is 10.1. The molecule has 0 saturated carbocycles. The Morgan fingerprint density at radius 1 is 0.952 bits per heavy atom. The zero-order valence-corrected chi connectivity index (χ0v) is 14.2. The van der Waals surface area contributed by atoms with Crippen LogP contribution in [0.3, 0.4) is 0 Å². The lowest BCUT2D eigenvalue weighted by Gasteiger charge is -2.14. The molecule has 0 fully saturated rings. The highest BCUT2D eigenvalue weighted by Crippen LogP contribution is 2.34. The molecular formula is C19H26OS. The molecule has 0 aromatic heterocycles. The smallest absolute Gasteiger partial charge is 0.127 e. The lowest BCUT2D eigenvalue weighted by Crippen LogP contribution is -2.05. The molecule has 0 N–H and O–H groups in total. The van der Waals surface area contributed by atoms with Gasteiger partial charge in [-0.1, -0.05) is 50.5 Å². The summed E-state index contributed by atoms with van der Waals surface area (Å²) in [5.74, 6) is 2.20. The van der Waals surface area contributed by atoms with Crippen molar-refractivity contribution in [3.63, 3.8) is 0 Å². The number of benzene rings is 2. The lowest BCUT2D eigenvalue weighted by molar-refractivity contribution is 0.245. The van der Waals surface area contributed by atoms with E-state index in [0.717, 1.165) is 5.75 Å². The number of fused-ring (bicyclic) bond motifs is 1. The van der Waals surface area contributed by atoms with Crippen LogP contribution in [-0.4, -0.2) is 11.9 Å². The van der Waals surface area contributed by atoms with E-state index in [2.05, 4.69) is 57.2 Å². The van der Waals surface area contributed by atoms with Gasteiger partial charge in [-0.3, -0.25) is 0 Å². The van der Waals surface area contributed by atoms with Crippen molar-refractivity contribution in [3.8, 4) is 5.75 Å². The van der Waals surface area contributed by atoms with Crippen LogP contribution < -0.4 is 4.74 Å². The highest BCUT2D eigenvalue weighted by molar-refractivity contribution is 7.99. The molecule has 0 aliphatic heterocycles. The molecule has 1 nitrogen and oxygen atoms in total. The van der Waals surface area contributed by atoms with E-state index in [1.54, 1.807) is 0 Å². The number of unbranched alkanes of at least 4 members (excludes halogenated alkanes) is 3. The molecule has 114 valence electrons. The number of hydrogen-bond donors (Lipinski definition) is 0. The topological polar surface area (TPSA) is 9.23 Å². The largest absolute Gasteiger partial charge is 0.490 e. The molecular weight excluding hydrogens is 276 g/mol. The molecule has 0 saturated heterocycles. The molecule has 2 heteroatoms. The Morgan fingerprint density at radius 2 is 1.71 bits per heavy atom. The van der Waals surface area contributed by atoms with Gasteiger partial charge in [-0.2, -0.15) is 0 Å². The predicted octanol–water partition coefficient (Wildman–Crippen LogP) is 6.30. The van der Waals surface area contributed by atoms with Crippen molar-refractivity contribution in [1.29, 1.82) is 0 Å². The molecule has 0 radical (unpaired) electrons. The minimum Gasteiger partial charge on any atom is -0.490 e. The van der Waals surface area contributed by atoms with Crippen LogP contribution in [-0.2, 0) is 0 Å². The van der Waals surface area contributed by atoms with Gasteiger partial charge in [-0.05, 0) is 43.5 Å². The van der Waals surface area contributed by atoms with Gasteiger partial charge >= 0.3 is 0 Å². The minimum absolute atomic E-state index is 0.209. The highest BCUT2D eigenvalue weighted by atomic mass is 32.2. The van der Waals surface area contributed by atoms with E-state index in [4.69, 9.17) is 4.74 Å². The average Bonchev–Trinajstić information content (AvgIpc) is 2.48. The van der Waals surface area contributed by atoms with E-state index in [1.165, 1.54) is 47.1 Å². The molecule has 0 bridgehead atoms. The zero-order valence-electron chi connectivity index (χ0n) is 13.4. The third-order valence-corrected chi connectivity index (χ3v) is 4.62. The summed E-state index contributed by atoms with van der Waals surface area (Å²) in [7, 11) is 0. The van der Waals surface area contributed by atoms with E-state index in [1.807, 2.05) is 11.8 Å². The maximum Gasteiger partial charge on any atom is 0.127 e. The Hall–Kier alpha value is -1.15. The zero-order chi connectivity index (χ0) is 15.1. The highest BCUT2D eigenvalue weighted by Gasteiger charge is 2.08. The Bertz CT molecular complexity index is 562. The van der Waals surface area contributed by atoms with Crippen LogP contribution in [0.1, 0.15) is 46.5 Å². The molecule has 0 amide bonds. The van der Waals surface area contributed by atoms with Crippen LogP contribution in [0.4, 0.5) is 0 Å². The fourth-order valence-electron chi connectivity index (χ4n) is 2.44. The van der Waals surface area contributed by atoms with E-state index >= 15 is 0 Å². The maximum absolute atomic E-state index is 5.93. The number of rotatable bonds is 8. The van der Waals surface area contributed by atoms with Gasteiger partial charge in [-0.15, -0.1) is 11.8 Å². The van der Waals surface area contributed by atoms with E-state index < -0.39 is 0 Å². The van der Waals surface area contributed by atoms with E-state index in [-0.39, 0.29) is 6.10 Å².